The smallest absolute Gasteiger partial charge is 0.262 e. The highest BCUT2D eigenvalue weighted by molar-refractivity contribution is 6.43. The maximum atomic E-state index is 12.5. The molecule has 8 heteroatoms. The molecule has 1 aromatic rings. The summed E-state index contributed by atoms with van der Waals surface area (Å²) in [6.45, 7) is 3.83. The van der Waals surface area contributed by atoms with Crippen molar-refractivity contribution < 1.29 is 19.1 Å². The van der Waals surface area contributed by atoms with E-state index in [-0.39, 0.29) is 27.2 Å². The van der Waals surface area contributed by atoms with Crippen LogP contribution in [0.3, 0.4) is 0 Å². The lowest BCUT2D eigenvalue weighted by Gasteiger charge is -2.23. The quantitative estimate of drug-likeness (QED) is 0.778. The number of carbonyl (C=O) groups is 3. The highest BCUT2D eigenvalue weighted by atomic mass is 35.5. The summed E-state index contributed by atoms with van der Waals surface area (Å²) >= 11 is 11.8. The molecule has 130 valence electrons. The van der Waals surface area contributed by atoms with Crippen LogP contribution in [0.15, 0.2) is 12.1 Å². The Hall–Kier alpha value is -1.63. The van der Waals surface area contributed by atoms with Gasteiger partial charge in [-0.15, -0.1) is 0 Å². The minimum absolute atomic E-state index is 0.140. The molecule has 2 rings (SSSR count). The second-order valence-corrected chi connectivity index (χ2v) is 6.47. The monoisotopic (exact) mass is 372 g/mol. The summed E-state index contributed by atoms with van der Waals surface area (Å²) < 4.78 is 4.96. The molecule has 0 spiro atoms. The van der Waals surface area contributed by atoms with E-state index >= 15 is 0 Å². The van der Waals surface area contributed by atoms with Gasteiger partial charge in [0.2, 0.25) is 5.91 Å². The van der Waals surface area contributed by atoms with Crippen molar-refractivity contribution in [1.82, 2.24) is 10.2 Å². The van der Waals surface area contributed by atoms with Crippen LogP contribution >= 0.6 is 23.2 Å². The van der Waals surface area contributed by atoms with Gasteiger partial charge >= 0.3 is 0 Å². The maximum Gasteiger partial charge on any atom is 0.262 e. The molecule has 0 bridgehead atoms. The molecule has 6 nitrogen and oxygen atoms in total. The zero-order chi connectivity index (χ0) is 18.0. The summed E-state index contributed by atoms with van der Waals surface area (Å²) in [5.41, 5.74) is 0.308. The molecule has 0 unspecified atom stereocenters. The highest BCUT2D eigenvalue weighted by Crippen LogP contribution is 2.32. The fourth-order valence-corrected chi connectivity index (χ4v) is 2.78. The standard InChI is InChI=1S/C16H18Cl2N2O4/c1-8(4-5-24-3)19-14(21)9(2)20-15(22)10-6-12(17)13(18)7-11(10)16(20)23/h6-9H,4-5H2,1-3H3,(H,19,21)/t8-,9+/m1/s1. The molecule has 2 atom stereocenters. The van der Waals surface area contributed by atoms with E-state index in [2.05, 4.69) is 5.32 Å². The van der Waals surface area contributed by atoms with E-state index in [1.54, 1.807) is 7.11 Å². The van der Waals surface area contributed by atoms with Crippen LogP contribution in [-0.4, -0.2) is 48.4 Å². The molecule has 1 aromatic carbocycles. The Morgan fingerprint density at radius 2 is 1.67 bits per heavy atom. The van der Waals surface area contributed by atoms with Crippen LogP contribution in [0.25, 0.3) is 0 Å². The largest absolute Gasteiger partial charge is 0.385 e. The highest BCUT2D eigenvalue weighted by Gasteiger charge is 2.41. The average Bonchev–Trinajstić information content (AvgIpc) is 2.76. The Morgan fingerprint density at radius 3 is 2.12 bits per heavy atom. The Balaban J connectivity index is 2.16. The van der Waals surface area contributed by atoms with Crippen molar-refractivity contribution in [3.8, 4) is 0 Å². The van der Waals surface area contributed by atoms with Crippen LogP contribution in [0.1, 0.15) is 41.0 Å². The molecule has 0 saturated carbocycles. The summed E-state index contributed by atoms with van der Waals surface area (Å²) in [6.07, 6.45) is 0.627. The van der Waals surface area contributed by atoms with Crippen LogP contribution in [0.5, 0.6) is 0 Å². The number of halogens is 2. The molecule has 1 N–H and O–H groups in total. The van der Waals surface area contributed by atoms with Crippen molar-refractivity contribution in [2.24, 2.45) is 0 Å². The van der Waals surface area contributed by atoms with Crippen LogP contribution in [-0.2, 0) is 9.53 Å². The molecular formula is C16H18Cl2N2O4. The predicted octanol–water partition coefficient (Wildman–Crippen LogP) is 2.52. The second kappa shape index (κ2) is 7.51. The summed E-state index contributed by atoms with van der Waals surface area (Å²) in [7, 11) is 1.58. The third kappa shape index (κ3) is 3.55. The van der Waals surface area contributed by atoms with Gasteiger partial charge in [-0.3, -0.25) is 19.3 Å². The number of ether oxygens (including phenoxy) is 1. The Morgan fingerprint density at radius 1 is 1.17 bits per heavy atom. The van der Waals surface area contributed by atoms with E-state index < -0.39 is 23.8 Å². The van der Waals surface area contributed by atoms with Gasteiger partial charge in [0.15, 0.2) is 0 Å². The first kappa shape index (κ1) is 18.7. The molecule has 1 heterocycles. The average molecular weight is 373 g/mol. The molecule has 24 heavy (non-hydrogen) atoms. The van der Waals surface area contributed by atoms with E-state index in [0.29, 0.717) is 13.0 Å². The lowest BCUT2D eigenvalue weighted by Crippen LogP contribution is -2.49. The Bertz CT molecular complexity index is 652. The molecule has 3 amide bonds. The molecule has 0 radical (unpaired) electrons. The van der Waals surface area contributed by atoms with Gasteiger partial charge in [0, 0.05) is 19.8 Å². The van der Waals surface area contributed by atoms with Gasteiger partial charge in [-0.1, -0.05) is 23.2 Å². The number of rotatable bonds is 6. The van der Waals surface area contributed by atoms with E-state index in [1.807, 2.05) is 6.92 Å². The first-order valence-electron chi connectivity index (χ1n) is 7.44. The number of amides is 3. The molecule has 0 aromatic heterocycles. The zero-order valence-electron chi connectivity index (χ0n) is 13.6. The molecule has 0 fully saturated rings. The number of methoxy groups -OCH3 is 1. The second-order valence-electron chi connectivity index (χ2n) is 5.66. The van der Waals surface area contributed by atoms with Crippen LogP contribution < -0.4 is 5.32 Å². The van der Waals surface area contributed by atoms with Crippen molar-refractivity contribution in [3.05, 3.63) is 33.3 Å². The SMILES string of the molecule is COCC[C@@H](C)NC(=O)[C@H](C)N1C(=O)c2cc(Cl)c(Cl)cc2C1=O. The number of imide groups is 1. The summed E-state index contributed by atoms with van der Waals surface area (Å²) in [4.78, 5) is 38.2. The summed E-state index contributed by atoms with van der Waals surface area (Å²) in [5.74, 6) is -1.52. The third-order valence-corrected chi connectivity index (χ3v) is 4.59. The van der Waals surface area contributed by atoms with E-state index in [4.69, 9.17) is 27.9 Å². The topological polar surface area (TPSA) is 75.7 Å². The van der Waals surface area contributed by atoms with Crippen molar-refractivity contribution in [2.45, 2.75) is 32.4 Å². The fourth-order valence-electron chi connectivity index (χ4n) is 2.45. The fraction of sp³-hybridized carbons (Fsp3) is 0.438. The van der Waals surface area contributed by atoms with Crippen molar-refractivity contribution in [1.29, 1.82) is 0 Å². The minimum Gasteiger partial charge on any atom is -0.385 e. The van der Waals surface area contributed by atoms with Crippen LogP contribution in [0, 0.1) is 0 Å². The number of nitrogens with one attached hydrogen (secondary N) is 1. The minimum atomic E-state index is -0.944. The normalized spacial score (nSPS) is 16.1. The van der Waals surface area contributed by atoms with Crippen LogP contribution in [0.4, 0.5) is 0 Å². The molecule has 0 aliphatic carbocycles. The summed E-state index contributed by atoms with van der Waals surface area (Å²) in [5, 5.41) is 3.13. The predicted molar refractivity (Wildman–Crippen MR) is 90.5 cm³/mol. The number of carbonyl (C=O) groups excluding carboxylic acids is 3. The van der Waals surface area contributed by atoms with Gasteiger partial charge in [0.25, 0.3) is 11.8 Å². The van der Waals surface area contributed by atoms with Crippen molar-refractivity contribution in [3.63, 3.8) is 0 Å². The molecule has 0 saturated heterocycles. The number of fused-ring (bicyclic) bond motifs is 1. The molecular weight excluding hydrogens is 355 g/mol. The number of benzene rings is 1. The number of hydrogen-bond donors (Lipinski definition) is 1. The van der Waals surface area contributed by atoms with E-state index in [0.717, 1.165) is 4.90 Å². The Kier molecular flexibility index (Phi) is 5.85. The zero-order valence-corrected chi connectivity index (χ0v) is 15.1. The van der Waals surface area contributed by atoms with Crippen molar-refractivity contribution in [2.75, 3.05) is 13.7 Å². The van der Waals surface area contributed by atoms with Gasteiger partial charge < -0.3 is 10.1 Å². The summed E-state index contributed by atoms with van der Waals surface area (Å²) in [6, 6.07) is 1.62. The first-order valence-corrected chi connectivity index (χ1v) is 8.19. The van der Waals surface area contributed by atoms with E-state index in [9.17, 15) is 14.4 Å². The van der Waals surface area contributed by atoms with Gasteiger partial charge in [-0.2, -0.15) is 0 Å². The number of hydrogen-bond acceptors (Lipinski definition) is 4. The maximum absolute atomic E-state index is 12.5. The first-order chi connectivity index (χ1) is 11.3. The lowest BCUT2D eigenvalue weighted by molar-refractivity contribution is -0.125. The van der Waals surface area contributed by atoms with Crippen molar-refractivity contribution >= 4 is 40.9 Å². The van der Waals surface area contributed by atoms with Gasteiger partial charge in [0.1, 0.15) is 6.04 Å². The Labute approximate surface area is 150 Å². The van der Waals surface area contributed by atoms with Gasteiger partial charge in [0.05, 0.1) is 21.2 Å². The van der Waals surface area contributed by atoms with Gasteiger partial charge in [-0.05, 0) is 32.4 Å². The third-order valence-electron chi connectivity index (χ3n) is 3.87. The van der Waals surface area contributed by atoms with Crippen LogP contribution in [0.2, 0.25) is 10.0 Å². The molecule has 1 aliphatic rings. The lowest BCUT2D eigenvalue weighted by atomic mass is 10.1. The number of nitrogens with zero attached hydrogens (tertiary/aromatic N) is 1. The van der Waals surface area contributed by atoms with E-state index in [1.165, 1.54) is 19.1 Å². The van der Waals surface area contributed by atoms with Gasteiger partial charge in [-0.25, -0.2) is 0 Å². The molecule has 1 aliphatic heterocycles.